The zero-order valence-corrected chi connectivity index (χ0v) is 15.8. The van der Waals surface area contributed by atoms with Crippen molar-refractivity contribution in [3.8, 4) is 5.75 Å². The van der Waals surface area contributed by atoms with Gasteiger partial charge < -0.3 is 10.1 Å². The van der Waals surface area contributed by atoms with Crippen molar-refractivity contribution in [1.29, 1.82) is 0 Å². The smallest absolute Gasteiger partial charge is 0.255 e. The van der Waals surface area contributed by atoms with E-state index in [2.05, 4.69) is 10.0 Å². The molecule has 142 valence electrons. The lowest BCUT2D eigenvalue weighted by molar-refractivity contribution is 0.101. The van der Waals surface area contributed by atoms with Gasteiger partial charge in [-0.05, 0) is 50.1 Å². The van der Waals surface area contributed by atoms with Gasteiger partial charge in [0.25, 0.3) is 5.91 Å². The van der Waals surface area contributed by atoms with Crippen LogP contribution in [0.5, 0.6) is 5.75 Å². The topological polar surface area (TPSA) is 102 Å². The van der Waals surface area contributed by atoms with Crippen LogP contribution in [0, 0.1) is 0 Å². The van der Waals surface area contributed by atoms with Gasteiger partial charge in [-0.1, -0.05) is 12.1 Å². The lowest BCUT2D eigenvalue weighted by atomic mass is 10.1. The maximum Gasteiger partial charge on any atom is 0.255 e. The number of rotatable bonds is 7. The molecule has 0 aliphatic heterocycles. The van der Waals surface area contributed by atoms with Crippen molar-refractivity contribution in [3.63, 3.8) is 0 Å². The highest BCUT2D eigenvalue weighted by atomic mass is 32.2. The first kappa shape index (κ1) is 19.1. The van der Waals surface area contributed by atoms with Gasteiger partial charge in [0, 0.05) is 22.9 Å². The van der Waals surface area contributed by atoms with E-state index in [4.69, 9.17) is 4.74 Å². The molecule has 0 saturated heterocycles. The number of benzene rings is 2. The highest BCUT2D eigenvalue weighted by Gasteiger charge is 2.30. The lowest BCUT2D eigenvalue weighted by Gasteiger charge is -2.12. The molecule has 2 aromatic carbocycles. The minimum Gasteiger partial charge on any atom is -0.495 e. The van der Waals surface area contributed by atoms with Crippen molar-refractivity contribution in [2.45, 2.75) is 30.7 Å². The van der Waals surface area contributed by atoms with Gasteiger partial charge in [-0.15, -0.1) is 0 Å². The Labute approximate surface area is 157 Å². The molecule has 1 amide bonds. The van der Waals surface area contributed by atoms with Crippen molar-refractivity contribution in [2.75, 3.05) is 12.4 Å². The number of ketones is 1. The summed E-state index contributed by atoms with van der Waals surface area (Å²) in [6, 6.07) is 10.7. The van der Waals surface area contributed by atoms with Gasteiger partial charge in [-0.25, -0.2) is 13.1 Å². The van der Waals surface area contributed by atoms with E-state index in [-0.39, 0.29) is 28.0 Å². The van der Waals surface area contributed by atoms with Crippen LogP contribution in [0.3, 0.4) is 0 Å². The Kier molecular flexibility index (Phi) is 5.29. The summed E-state index contributed by atoms with van der Waals surface area (Å²) in [6.45, 7) is 1.44. The highest BCUT2D eigenvalue weighted by molar-refractivity contribution is 7.89. The van der Waals surface area contributed by atoms with E-state index in [9.17, 15) is 18.0 Å². The van der Waals surface area contributed by atoms with Crippen molar-refractivity contribution in [2.24, 2.45) is 0 Å². The van der Waals surface area contributed by atoms with Crippen molar-refractivity contribution >= 4 is 27.4 Å². The first-order valence-electron chi connectivity index (χ1n) is 8.43. The van der Waals surface area contributed by atoms with E-state index in [1.54, 1.807) is 24.3 Å². The molecule has 1 fully saturated rings. The van der Waals surface area contributed by atoms with Crippen LogP contribution < -0.4 is 14.8 Å². The number of hydrogen-bond acceptors (Lipinski definition) is 5. The van der Waals surface area contributed by atoms with Gasteiger partial charge in [0.1, 0.15) is 10.6 Å². The van der Waals surface area contributed by atoms with Crippen LogP contribution in [0.1, 0.15) is 40.5 Å². The Balaban J connectivity index is 1.88. The van der Waals surface area contributed by atoms with Crippen molar-refractivity contribution in [3.05, 3.63) is 53.6 Å². The predicted molar refractivity (Wildman–Crippen MR) is 101 cm³/mol. The molecule has 1 aliphatic rings. The third-order valence-corrected chi connectivity index (χ3v) is 5.68. The zero-order chi connectivity index (χ0) is 19.6. The van der Waals surface area contributed by atoms with E-state index in [0.29, 0.717) is 11.3 Å². The number of Topliss-reactive ketones (excluding diaryl/α,β-unsaturated/α-hetero) is 1. The molecule has 8 heteroatoms. The molecule has 3 rings (SSSR count). The maximum atomic E-state index is 12.6. The van der Waals surface area contributed by atoms with Crippen molar-refractivity contribution < 1.29 is 22.7 Å². The largest absolute Gasteiger partial charge is 0.495 e. The van der Waals surface area contributed by atoms with Gasteiger partial charge in [-0.3, -0.25) is 9.59 Å². The molecule has 7 nitrogen and oxygen atoms in total. The Morgan fingerprint density at radius 3 is 2.44 bits per heavy atom. The lowest BCUT2D eigenvalue weighted by Crippen LogP contribution is -2.26. The minimum absolute atomic E-state index is 0.0634. The molecule has 0 heterocycles. The summed E-state index contributed by atoms with van der Waals surface area (Å²) in [5, 5.41) is 2.68. The second-order valence-electron chi connectivity index (χ2n) is 6.35. The molecule has 1 saturated carbocycles. The van der Waals surface area contributed by atoms with Crippen LogP contribution >= 0.6 is 0 Å². The Bertz CT molecular complexity index is 997. The highest BCUT2D eigenvalue weighted by Crippen LogP contribution is 2.28. The third-order valence-electron chi connectivity index (χ3n) is 4.14. The monoisotopic (exact) mass is 388 g/mol. The fraction of sp³-hybridized carbons (Fsp3) is 0.263. The summed E-state index contributed by atoms with van der Waals surface area (Å²) in [6.07, 6.45) is 1.60. The molecule has 0 spiro atoms. The Morgan fingerprint density at radius 2 is 1.81 bits per heavy atom. The predicted octanol–water partition coefficient (Wildman–Crippen LogP) is 2.59. The first-order chi connectivity index (χ1) is 12.8. The fourth-order valence-corrected chi connectivity index (χ4v) is 4.03. The zero-order valence-electron chi connectivity index (χ0n) is 15.0. The van der Waals surface area contributed by atoms with E-state index >= 15 is 0 Å². The molecule has 0 unspecified atom stereocenters. The fourth-order valence-electron chi connectivity index (χ4n) is 2.53. The molecule has 27 heavy (non-hydrogen) atoms. The van der Waals surface area contributed by atoms with Gasteiger partial charge in [-0.2, -0.15) is 0 Å². The van der Waals surface area contributed by atoms with Crippen LogP contribution in [0.4, 0.5) is 5.69 Å². The molecule has 1 aliphatic carbocycles. The second kappa shape index (κ2) is 7.50. The number of ether oxygens (including phenoxy) is 1. The molecular formula is C19H20N2O5S. The summed E-state index contributed by atoms with van der Waals surface area (Å²) in [5.41, 5.74) is 1.09. The van der Waals surface area contributed by atoms with Crippen molar-refractivity contribution in [1.82, 2.24) is 4.72 Å². The summed E-state index contributed by atoms with van der Waals surface area (Å²) >= 11 is 0. The van der Waals surface area contributed by atoms with E-state index in [1.165, 1.54) is 32.2 Å². The number of sulfonamides is 1. The number of carbonyl (C=O) groups is 2. The molecule has 0 radical (unpaired) electrons. The third kappa shape index (κ3) is 4.53. The number of anilines is 1. The molecule has 0 atom stereocenters. The number of nitrogens with one attached hydrogen (secondary N) is 2. The summed E-state index contributed by atoms with van der Waals surface area (Å²) in [7, 11) is -2.41. The second-order valence-corrected chi connectivity index (χ2v) is 8.03. The SMILES string of the molecule is COc1ccc(C(=O)Nc2cccc(C(C)=O)c2)cc1S(=O)(=O)NC1CC1. The van der Waals surface area contributed by atoms with Crippen LogP contribution in [0.25, 0.3) is 0 Å². The van der Waals surface area contributed by atoms with Gasteiger partial charge in [0.05, 0.1) is 7.11 Å². The molecule has 2 aromatic rings. The molecule has 2 N–H and O–H groups in total. The van der Waals surface area contributed by atoms with Gasteiger partial charge in [0.2, 0.25) is 10.0 Å². The summed E-state index contributed by atoms with van der Waals surface area (Å²) in [4.78, 5) is 23.9. The number of amides is 1. The Hall–Kier alpha value is -2.71. The van der Waals surface area contributed by atoms with Crippen LogP contribution in [-0.4, -0.2) is 33.3 Å². The minimum atomic E-state index is -3.79. The number of hydrogen-bond donors (Lipinski definition) is 2. The normalized spacial score (nSPS) is 13.9. The average molecular weight is 388 g/mol. The van der Waals surface area contributed by atoms with E-state index < -0.39 is 15.9 Å². The quantitative estimate of drug-likeness (QED) is 0.710. The van der Waals surface area contributed by atoms with Gasteiger partial charge in [0.15, 0.2) is 5.78 Å². The standard InChI is InChI=1S/C19H20N2O5S/c1-12(22)13-4-3-5-16(10-13)20-19(23)14-6-9-17(26-2)18(11-14)27(24,25)21-15-7-8-15/h3-6,9-11,15,21H,7-8H2,1-2H3,(H,20,23). The average Bonchev–Trinajstić information content (AvgIpc) is 3.44. The summed E-state index contributed by atoms with van der Waals surface area (Å²) < 4.78 is 32.8. The van der Waals surface area contributed by atoms with Crippen LogP contribution in [0.15, 0.2) is 47.4 Å². The summed E-state index contributed by atoms with van der Waals surface area (Å²) in [5.74, 6) is -0.436. The van der Waals surface area contributed by atoms with E-state index in [1.807, 2.05) is 0 Å². The number of methoxy groups -OCH3 is 1. The van der Waals surface area contributed by atoms with Gasteiger partial charge >= 0.3 is 0 Å². The Morgan fingerprint density at radius 1 is 1.07 bits per heavy atom. The molecule has 0 bridgehead atoms. The number of carbonyl (C=O) groups excluding carboxylic acids is 2. The van der Waals surface area contributed by atoms with E-state index in [0.717, 1.165) is 12.8 Å². The maximum absolute atomic E-state index is 12.6. The molecule has 0 aromatic heterocycles. The molecular weight excluding hydrogens is 368 g/mol. The van der Waals surface area contributed by atoms with Crippen LogP contribution in [0.2, 0.25) is 0 Å². The first-order valence-corrected chi connectivity index (χ1v) is 9.91. The van der Waals surface area contributed by atoms with Crippen LogP contribution in [-0.2, 0) is 10.0 Å².